The van der Waals surface area contributed by atoms with E-state index in [9.17, 15) is 0 Å². The van der Waals surface area contributed by atoms with Gasteiger partial charge in [0.25, 0.3) is 0 Å². The van der Waals surface area contributed by atoms with Crippen molar-refractivity contribution in [2.24, 2.45) is 0 Å². The molecule has 0 spiro atoms. The van der Waals surface area contributed by atoms with Gasteiger partial charge in [0.2, 0.25) is 0 Å². The van der Waals surface area contributed by atoms with Crippen molar-refractivity contribution >= 4 is 22.1 Å². The number of nitrogens with zero attached hydrogens (tertiary/aromatic N) is 2. The molecule has 0 aliphatic rings. The van der Waals surface area contributed by atoms with Gasteiger partial charge in [-0.1, -0.05) is 0 Å². The Morgan fingerprint density at radius 1 is 1.20 bits per heavy atom. The topological polar surface area (TPSA) is 25.8 Å². The Balaban J connectivity index is 2.97. The van der Waals surface area contributed by atoms with E-state index in [4.69, 9.17) is 0 Å². The minimum absolute atomic E-state index is 1.25. The van der Waals surface area contributed by atoms with Crippen molar-refractivity contribution in [3.8, 4) is 0 Å². The predicted octanol–water partition coefficient (Wildman–Crippen LogP) is 1.02. The van der Waals surface area contributed by atoms with Gasteiger partial charge in [0.1, 0.15) is 0 Å². The number of aromatic nitrogens is 2. The fourth-order valence-electron chi connectivity index (χ4n) is 0.686. The summed E-state index contributed by atoms with van der Waals surface area (Å²) in [6, 6.07) is 0. The SMILES string of the molecule is [CH3][Sn]([CH3])([CH3])[c]1cnccn1. The Morgan fingerprint density at radius 3 is 2.20 bits per heavy atom. The van der Waals surface area contributed by atoms with Gasteiger partial charge in [0.05, 0.1) is 0 Å². The summed E-state index contributed by atoms with van der Waals surface area (Å²) in [6.45, 7) is 0. The Hall–Kier alpha value is -0.121. The second-order valence-corrected chi connectivity index (χ2v) is 17.6. The molecule has 0 aromatic carbocycles. The normalized spacial score (nSPS) is 11.5. The van der Waals surface area contributed by atoms with Gasteiger partial charge in [0.15, 0.2) is 0 Å². The molecule has 0 aliphatic carbocycles. The van der Waals surface area contributed by atoms with Crippen LogP contribution in [0, 0.1) is 0 Å². The van der Waals surface area contributed by atoms with Crippen LogP contribution in [0.1, 0.15) is 0 Å². The van der Waals surface area contributed by atoms with Crippen LogP contribution in [0.3, 0.4) is 0 Å². The van der Waals surface area contributed by atoms with Crippen molar-refractivity contribution in [2.75, 3.05) is 0 Å². The summed E-state index contributed by atoms with van der Waals surface area (Å²) in [5.74, 6) is 0. The molecule has 0 fully saturated rings. The Morgan fingerprint density at radius 2 is 1.90 bits per heavy atom. The van der Waals surface area contributed by atoms with Crippen LogP contribution in [-0.4, -0.2) is 28.3 Å². The van der Waals surface area contributed by atoms with E-state index in [2.05, 4.69) is 24.8 Å². The van der Waals surface area contributed by atoms with Crippen LogP contribution in [0.25, 0.3) is 0 Å². The standard InChI is InChI=1S/C4H3N2.3CH3.Sn/c1-2-6-4-3-5-1;;;;/h1-3H;3*1H3;. The zero-order chi connectivity index (χ0) is 7.61. The molecule has 54 valence electrons. The van der Waals surface area contributed by atoms with Crippen molar-refractivity contribution in [3.63, 3.8) is 0 Å². The van der Waals surface area contributed by atoms with Crippen LogP contribution in [0.5, 0.6) is 0 Å². The Kier molecular flexibility index (Phi) is 2.28. The van der Waals surface area contributed by atoms with E-state index in [1.54, 1.807) is 12.4 Å². The van der Waals surface area contributed by atoms with Crippen LogP contribution >= 0.6 is 0 Å². The zero-order valence-electron chi connectivity index (χ0n) is 6.63. The molecular formula is C7H12N2Sn. The molecule has 0 amide bonds. The van der Waals surface area contributed by atoms with Crippen LogP contribution < -0.4 is 3.71 Å². The summed E-state index contributed by atoms with van der Waals surface area (Å²) >= 11 is -1.89. The molecule has 0 aliphatic heterocycles. The molecule has 0 radical (unpaired) electrons. The van der Waals surface area contributed by atoms with E-state index in [0.29, 0.717) is 0 Å². The van der Waals surface area contributed by atoms with Crippen molar-refractivity contribution in [2.45, 2.75) is 14.8 Å². The van der Waals surface area contributed by atoms with Gasteiger partial charge in [-0.2, -0.15) is 0 Å². The summed E-state index contributed by atoms with van der Waals surface area (Å²) < 4.78 is 1.25. The minimum atomic E-state index is -1.89. The number of hydrogen-bond acceptors (Lipinski definition) is 2. The van der Waals surface area contributed by atoms with E-state index >= 15 is 0 Å². The van der Waals surface area contributed by atoms with Crippen molar-refractivity contribution in [1.82, 2.24) is 9.97 Å². The Labute approximate surface area is 65.6 Å². The van der Waals surface area contributed by atoms with E-state index in [1.165, 1.54) is 3.71 Å². The van der Waals surface area contributed by atoms with Crippen molar-refractivity contribution < 1.29 is 0 Å². The van der Waals surface area contributed by atoms with Crippen molar-refractivity contribution in [3.05, 3.63) is 18.6 Å². The molecule has 1 aromatic rings. The molecular weight excluding hydrogens is 231 g/mol. The number of rotatable bonds is 1. The molecule has 0 atom stereocenters. The first-order chi connectivity index (χ1) is 4.61. The van der Waals surface area contributed by atoms with Gasteiger partial charge in [-0.3, -0.25) is 0 Å². The molecule has 0 N–H and O–H groups in total. The summed E-state index contributed by atoms with van der Waals surface area (Å²) in [5.41, 5.74) is 0. The number of hydrogen-bond donors (Lipinski definition) is 0. The molecule has 1 heterocycles. The van der Waals surface area contributed by atoms with E-state index < -0.39 is 18.4 Å². The van der Waals surface area contributed by atoms with Gasteiger partial charge in [-0.15, -0.1) is 0 Å². The third-order valence-corrected chi connectivity index (χ3v) is 6.45. The average Bonchev–Trinajstić information content (AvgIpc) is 1.88. The second-order valence-electron chi connectivity index (χ2n) is 3.34. The molecule has 0 saturated heterocycles. The van der Waals surface area contributed by atoms with Gasteiger partial charge >= 0.3 is 65.5 Å². The van der Waals surface area contributed by atoms with Crippen LogP contribution in [0.4, 0.5) is 0 Å². The van der Waals surface area contributed by atoms with E-state index in [1.807, 2.05) is 6.20 Å². The molecule has 1 rings (SSSR count). The zero-order valence-corrected chi connectivity index (χ0v) is 9.48. The molecule has 3 heteroatoms. The average molecular weight is 243 g/mol. The summed E-state index contributed by atoms with van der Waals surface area (Å²) in [4.78, 5) is 15.3. The summed E-state index contributed by atoms with van der Waals surface area (Å²) in [7, 11) is 0. The van der Waals surface area contributed by atoms with Gasteiger partial charge in [-0.05, 0) is 0 Å². The molecule has 0 unspecified atom stereocenters. The fourth-order valence-corrected chi connectivity index (χ4v) is 3.32. The van der Waals surface area contributed by atoms with Crippen LogP contribution in [0.2, 0.25) is 14.8 Å². The Bertz CT molecular complexity index is 203. The quantitative estimate of drug-likeness (QED) is 0.688. The first kappa shape index (κ1) is 7.98. The maximum absolute atomic E-state index is 4.28. The third kappa shape index (κ3) is 1.94. The van der Waals surface area contributed by atoms with Crippen molar-refractivity contribution in [1.29, 1.82) is 0 Å². The third-order valence-electron chi connectivity index (χ3n) is 1.33. The monoisotopic (exact) mass is 244 g/mol. The van der Waals surface area contributed by atoms with Crippen LogP contribution in [0.15, 0.2) is 18.6 Å². The first-order valence-electron chi connectivity index (χ1n) is 3.37. The van der Waals surface area contributed by atoms with E-state index in [-0.39, 0.29) is 0 Å². The first-order valence-corrected chi connectivity index (χ1v) is 13.4. The van der Waals surface area contributed by atoms with Gasteiger partial charge < -0.3 is 0 Å². The molecule has 0 saturated carbocycles. The predicted molar refractivity (Wildman–Crippen MR) is 45.0 cm³/mol. The molecule has 1 aromatic heterocycles. The van der Waals surface area contributed by atoms with Gasteiger partial charge in [-0.25, -0.2) is 0 Å². The maximum atomic E-state index is 4.28. The van der Waals surface area contributed by atoms with E-state index in [0.717, 1.165) is 0 Å². The second kappa shape index (κ2) is 2.86. The van der Waals surface area contributed by atoms with Crippen LogP contribution in [-0.2, 0) is 0 Å². The summed E-state index contributed by atoms with van der Waals surface area (Å²) in [5, 5.41) is 0. The molecule has 0 bridgehead atoms. The fraction of sp³-hybridized carbons (Fsp3) is 0.429. The summed E-state index contributed by atoms with van der Waals surface area (Å²) in [6.07, 6.45) is 5.40. The molecule has 10 heavy (non-hydrogen) atoms. The molecule has 2 nitrogen and oxygen atoms in total. The van der Waals surface area contributed by atoms with Gasteiger partial charge in [0, 0.05) is 0 Å².